The van der Waals surface area contributed by atoms with Crippen molar-refractivity contribution < 1.29 is 9.47 Å². The van der Waals surface area contributed by atoms with E-state index in [1.807, 2.05) is 60.7 Å². The van der Waals surface area contributed by atoms with Gasteiger partial charge in [-0.05, 0) is 22.2 Å². The molecule has 8 nitrogen and oxygen atoms in total. The predicted molar refractivity (Wildman–Crippen MR) is 105 cm³/mol. The molecule has 0 N–H and O–H groups in total. The number of ether oxygens (including phenoxy) is 2. The first-order valence-electron chi connectivity index (χ1n) is 8.89. The van der Waals surface area contributed by atoms with Crippen molar-refractivity contribution in [1.29, 1.82) is 0 Å². The third-order valence-electron chi connectivity index (χ3n) is 4.45. The highest BCUT2D eigenvalue weighted by Crippen LogP contribution is 2.26. The lowest BCUT2D eigenvalue weighted by Gasteiger charge is -2.34. The molecule has 0 aromatic heterocycles. The van der Waals surface area contributed by atoms with Crippen LogP contribution in [0.3, 0.4) is 0 Å². The third-order valence-corrected chi connectivity index (χ3v) is 4.45. The number of rotatable bonds is 8. The summed E-state index contributed by atoms with van der Waals surface area (Å²) in [4.78, 5) is 5.84. The molecule has 1 aliphatic carbocycles. The lowest BCUT2D eigenvalue weighted by Crippen LogP contribution is -2.45. The molecule has 0 saturated carbocycles. The Kier molecular flexibility index (Phi) is 7.07. The van der Waals surface area contributed by atoms with Crippen LogP contribution in [0.1, 0.15) is 11.1 Å². The summed E-state index contributed by atoms with van der Waals surface area (Å²) in [7, 11) is 0. The molecule has 2 aromatic carbocycles. The van der Waals surface area contributed by atoms with Gasteiger partial charge in [0.2, 0.25) is 0 Å². The Balaban J connectivity index is 1.74. The van der Waals surface area contributed by atoms with Gasteiger partial charge >= 0.3 is 0 Å². The Morgan fingerprint density at radius 1 is 0.679 bits per heavy atom. The summed E-state index contributed by atoms with van der Waals surface area (Å²) in [6.45, 7) is 0.706. The van der Waals surface area contributed by atoms with Gasteiger partial charge in [-0.1, -0.05) is 83.0 Å². The van der Waals surface area contributed by atoms with E-state index in [0.29, 0.717) is 13.2 Å². The maximum Gasteiger partial charge on any atom is 0.0851 e. The van der Waals surface area contributed by atoms with Crippen LogP contribution < -0.4 is 0 Å². The Bertz CT molecular complexity index is 803. The SMILES string of the molecule is [N-]=[N+]=N[C@@H]1[C@@H](N=[N+]=[N-])[C@H](OCc2ccccc2)C=C[C@H]1OCc1ccccc1. The molecular formula is C20H20N6O2. The second-order valence-corrected chi connectivity index (χ2v) is 6.30. The van der Waals surface area contributed by atoms with Gasteiger partial charge in [0.25, 0.3) is 0 Å². The number of azide groups is 2. The van der Waals surface area contributed by atoms with Crippen LogP contribution in [-0.4, -0.2) is 24.3 Å². The first-order valence-corrected chi connectivity index (χ1v) is 8.89. The molecule has 1 aliphatic rings. The molecule has 0 amide bonds. The van der Waals surface area contributed by atoms with Gasteiger partial charge in [-0.25, -0.2) is 0 Å². The maximum absolute atomic E-state index is 9.00. The summed E-state index contributed by atoms with van der Waals surface area (Å²) in [5, 5.41) is 7.68. The normalized spacial score (nSPS) is 23.4. The zero-order valence-electron chi connectivity index (χ0n) is 15.2. The van der Waals surface area contributed by atoms with Gasteiger partial charge in [-0.15, -0.1) is 0 Å². The Morgan fingerprint density at radius 3 is 1.43 bits per heavy atom. The number of hydrogen-bond donors (Lipinski definition) is 0. The number of hydrogen-bond acceptors (Lipinski definition) is 4. The lowest BCUT2D eigenvalue weighted by molar-refractivity contribution is -0.000230. The topological polar surface area (TPSA) is 116 Å². The maximum atomic E-state index is 9.00. The van der Waals surface area contributed by atoms with Crippen molar-refractivity contribution in [1.82, 2.24) is 0 Å². The molecule has 142 valence electrons. The van der Waals surface area contributed by atoms with Gasteiger partial charge < -0.3 is 9.47 Å². The van der Waals surface area contributed by atoms with Gasteiger partial charge in [0.15, 0.2) is 0 Å². The molecule has 0 aliphatic heterocycles. The Hall–Kier alpha value is -3.28. The molecule has 0 radical (unpaired) electrons. The van der Waals surface area contributed by atoms with E-state index in [4.69, 9.17) is 20.5 Å². The van der Waals surface area contributed by atoms with Gasteiger partial charge in [0.05, 0.1) is 37.5 Å². The van der Waals surface area contributed by atoms with Crippen molar-refractivity contribution in [2.75, 3.05) is 0 Å². The average molecular weight is 376 g/mol. The minimum Gasteiger partial charge on any atom is -0.369 e. The van der Waals surface area contributed by atoms with Crippen LogP contribution in [0.15, 0.2) is 83.0 Å². The van der Waals surface area contributed by atoms with Crippen LogP contribution in [-0.2, 0) is 22.7 Å². The van der Waals surface area contributed by atoms with Crippen molar-refractivity contribution in [3.8, 4) is 0 Å². The smallest absolute Gasteiger partial charge is 0.0851 e. The minimum atomic E-state index is -0.699. The van der Waals surface area contributed by atoms with Crippen molar-refractivity contribution in [3.05, 3.63) is 105 Å². The molecule has 0 saturated heterocycles. The summed E-state index contributed by atoms with van der Waals surface area (Å²) in [5.41, 5.74) is 20.0. The van der Waals surface area contributed by atoms with Crippen LogP contribution in [0.2, 0.25) is 0 Å². The number of nitrogens with zero attached hydrogens (tertiary/aromatic N) is 6. The van der Waals surface area contributed by atoms with E-state index in [-0.39, 0.29) is 0 Å². The van der Waals surface area contributed by atoms with Gasteiger partial charge in [0, 0.05) is 9.82 Å². The third kappa shape index (κ3) is 5.13. The molecule has 0 unspecified atom stereocenters. The molecule has 0 heterocycles. The lowest BCUT2D eigenvalue weighted by atomic mass is 9.92. The second kappa shape index (κ2) is 10.2. The zero-order chi connectivity index (χ0) is 19.6. The summed E-state index contributed by atoms with van der Waals surface area (Å²) < 4.78 is 11.9. The van der Waals surface area contributed by atoms with E-state index >= 15 is 0 Å². The molecule has 2 aromatic rings. The molecule has 0 fully saturated rings. The molecule has 28 heavy (non-hydrogen) atoms. The van der Waals surface area contributed by atoms with Crippen molar-refractivity contribution >= 4 is 0 Å². The molecule has 3 rings (SSSR count). The predicted octanol–water partition coefficient (Wildman–Crippen LogP) is 5.08. The Morgan fingerprint density at radius 2 is 1.07 bits per heavy atom. The van der Waals surface area contributed by atoms with Crippen LogP contribution >= 0.6 is 0 Å². The van der Waals surface area contributed by atoms with Crippen molar-refractivity contribution in [2.45, 2.75) is 37.5 Å². The minimum absolute atomic E-state index is 0.353. The standard InChI is InChI=1S/C20H20N6O2/c21-25-23-19-17(27-13-15-7-3-1-4-8-15)11-12-18(20(19)24-26-22)28-14-16-9-5-2-6-10-16/h1-12,17-20H,13-14H2/t17-,18-,19+,20+/m1/s1. The Labute approximate surface area is 162 Å². The van der Waals surface area contributed by atoms with E-state index < -0.39 is 24.3 Å². The van der Waals surface area contributed by atoms with Crippen molar-refractivity contribution in [2.24, 2.45) is 10.2 Å². The van der Waals surface area contributed by atoms with E-state index in [0.717, 1.165) is 11.1 Å². The molecule has 8 heteroatoms. The first-order chi connectivity index (χ1) is 13.8. The van der Waals surface area contributed by atoms with Gasteiger partial charge in [0.1, 0.15) is 0 Å². The highest BCUT2D eigenvalue weighted by molar-refractivity contribution is 5.18. The van der Waals surface area contributed by atoms with Crippen LogP contribution in [0.5, 0.6) is 0 Å². The summed E-state index contributed by atoms with van der Waals surface area (Å²) in [6.07, 6.45) is 2.59. The average Bonchev–Trinajstić information content (AvgIpc) is 2.75. The highest BCUT2D eigenvalue weighted by Gasteiger charge is 2.36. The van der Waals surface area contributed by atoms with E-state index in [9.17, 15) is 0 Å². The highest BCUT2D eigenvalue weighted by atomic mass is 16.5. The summed E-state index contributed by atoms with van der Waals surface area (Å²) >= 11 is 0. The molecule has 0 spiro atoms. The van der Waals surface area contributed by atoms with Crippen LogP contribution in [0.25, 0.3) is 20.9 Å². The van der Waals surface area contributed by atoms with E-state index in [2.05, 4.69) is 20.1 Å². The largest absolute Gasteiger partial charge is 0.369 e. The quantitative estimate of drug-likeness (QED) is 0.276. The molecule has 0 bridgehead atoms. The van der Waals surface area contributed by atoms with Crippen molar-refractivity contribution in [3.63, 3.8) is 0 Å². The summed E-state index contributed by atoms with van der Waals surface area (Å²) in [6, 6.07) is 18.0. The monoisotopic (exact) mass is 376 g/mol. The first kappa shape index (κ1) is 19.5. The number of benzene rings is 2. The van der Waals surface area contributed by atoms with E-state index in [1.165, 1.54) is 0 Å². The fourth-order valence-corrected chi connectivity index (χ4v) is 3.06. The van der Waals surface area contributed by atoms with E-state index in [1.54, 1.807) is 12.2 Å². The van der Waals surface area contributed by atoms with Gasteiger partial charge in [-0.2, -0.15) is 0 Å². The molecule has 4 atom stereocenters. The second-order valence-electron chi connectivity index (χ2n) is 6.30. The van der Waals surface area contributed by atoms with Crippen LogP contribution in [0, 0.1) is 0 Å². The van der Waals surface area contributed by atoms with Crippen LogP contribution in [0.4, 0.5) is 0 Å². The fourth-order valence-electron chi connectivity index (χ4n) is 3.06. The molecular weight excluding hydrogens is 356 g/mol. The summed E-state index contributed by atoms with van der Waals surface area (Å²) in [5.74, 6) is 0. The fraction of sp³-hybridized carbons (Fsp3) is 0.300. The zero-order valence-corrected chi connectivity index (χ0v) is 15.2. The van der Waals surface area contributed by atoms with Gasteiger partial charge in [-0.3, -0.25) is 0 Å².